The Bertz CT molecular complexity index is 1150. The van der Waals surface area contributed by atoms with Crippen LogP contribution in [0.5, 0.6) is 0 Å². The molecule has 0 bridgehead atoms. The summed E-state index contributed by atoms with van der Waals surface area (Å²) in [5.41, 5.74) is 4.78. The maximum Gasteiger partial charge on any atom is 0.246 e. The molecule has 1 aliphatic heterocycles. The van der Waals surface area contributed by atoms with Gasteiger partial charge in [0.1, 0.15) is 5.82 Å². The Balaban J connectivity index is 1.26. The number of imidazole rings is 1. The minimum atomic E-state index is 0.130. The van der Waals surface area contributed by atoms with Crippen molar-refractivity contribution in [1.82, 2.24) is 19.9 Å². The first-order valence-electron chi connectivity index (χ1n) is 13.0. The number of likely N-dealkylation sites (N-methyl/N-ethyl adjacent to an activating group) is 1. The Kier molecular flexibility index (Phi) is 4.64. The molecule has 2 aromatic heterocycles. The number of fused-ring (bicyclic) bond motifs is 6. The molecule has 33 heavy (non-hydrogen) atoms. The first-order valence-corrected chi connectivity index (χ1v) is 13.0. The van der Waals surface area contributed by atoms with Gasteiger partial charge in [0, 0.05) is 30.6 Å². The summed E-state index contributed by atoms with van der Waals surface area (Å²) in [6, 6.07) is 2.51. The molecule has 2 aromatic rings. The fourth-order valence-electron chi connectivity index (χ4n) is 8.87. The lowest BCUT2D eigenvalue weighted by atomic mass is 9.47. The molecule has 3 saturated carbocycles. The molecule has 4 aliphatic rings. The monoisotopic (exact) mass is 446 g/mol. The molecule has 1 amide bonds. The zero-order valence-electron chi connectivity index (χ0n) is 20.8. The Morgan fingerprint density at radius 3 is 2.73 bits per heavy atom. The van der Waals surface area contributed by atoms with Gasteiger partial charge in [-0.3, -0.25) is 4.79 Å². The second kappa shape index (κ2) is 7.16. The number of carbonyl (C=O) groups excluding carboxylic acids is 1. The van der Waals surface area contributed by atoms with E-state index in [1.807, 2.05) is 24.9 Å². The fourth-order valence-corrected chi connectivity index (χ4v) is 8.87. The van der Waals surface area contributed by atoms with Crippen LogP contribution in [0.2, 0.25) is 0 Å². The highest BCUT2D eigenvalue weighted by Gasteiger charge is 2.60. The molecule has 2 unspecified atom stereocenters. The molecular weight excluding hydrogens is 408 g/mol. The van der Waals surface area contributed by atoms with E-state index in [1.165, 1.54) is 37.7 Å². The highest BCUT2D eigenvalue weighted by atomic mass is 16.2. The number of nitrogens with one attached hydrogen (secondary N) is 1. The van der Waals surface area contributed by atoms with E-state index in [1.54, 1.807) is 0 Å². The second-order valence-electron chi connectivity index (χ2n) is 12.1. The van der Waals surface area contributed by atoms with Crippen molar-refractivity contribution in [3.05, 3.63) is 35.3 Å². The van der Waals surface area contributed by atoms with Crippen molar-refractivity contribution in [1.29, 1.82) is 0 Å². The summed E-state index contributed by atoms with van der Waals surface area (Å²) in [6.07, 6.45) is 12.8. The minimum Gasteiger partial charge on any atom is -0.340 e. The van der Waals surface area contributed by atoms with Gasteiger partial charge in [0.2, 0.25) is 5.91 Å². The van der Waals surface area contributed by atoms with Gasteiger partial charge in [-0.25, -0.2) is 9.97 Å². The lowest BCUT2D eigenvalue weighted by Crippen LogP contribution is -2.59. The number of aromatic nitrogens is 3. The van der Waals surface area contributed by atoms with Gasteiger partial charge in [-0.05, 0) is 99.2 Å². The summed E-state index contributed by atoms with van der Waals surface area (Å²) in [5.74, 6) is 4.25. The van der Waals surface area contributed by atoms with E-state index in [0.29, 0.717) is 23.3 Å². The number of pyridine rings is 1. The number of amides is 1. The first kappa shape index (κ1) is 21.4. The normalized spacial score (nSPS) is 40.1. The fraction of sp³-hybridized carbons (Fsp3) is 0.679. The van der Waals surface area contributed by atoms with Crippen LogP contribution in [0.1, 0.15) is 69.5 Å². The van der Waals surface area contributed by atoms with Crippen LogP contribution in [0.3, 0.4) is 0 Å². The summed E-state index contributed by atoms with van der Waals surface area (Å²) in [6.45, 7) is 9.22. The van der Waals surface area contributed by atoms with Crippen LogP contribution < -0.4 is 0 Å². The predicted octanol–water partition coefficient (Wildman–Crippen LogP) is 5.37. The van der Waals surface area contributed by atoms with Gasteiger partial charge in [0.05, 0.1) is 5.52 Å². The molecule has 0 aromatic carbocycles. The van der Waals surface area contributed by atoms with Crippen molar-refractivity contribution in [3.63, 3.8) is 0 Å². The van der Waals surface area contributed by atoms with Crippen molar-refractivity contribution in [2.24, 2.45) is 34.5 Å². The summed E-state index contributed by atoms with van der Waals surface area (Å²) in [5, 5.41) is 0. The quantitative estimate of drug-likeness (QED) is 0.674. The topological polar surface area (TPSA) is 61.9 Å². The molecule has 3 fully saturated rings. The number of nitrogens with zero attached hydrogens (tertiary/aromatic N) is 3. The zero-order chi connectivity index (χ0) is 23.1. The average molecular weight is 447 g/mol. The van der Waals surface area contributed by atoms with Crippen LogP contribution in [0.4, 0.5) is 0 Å². The third-order valence-corrected chi connectivity index (χ3v) is 10.6. The van der Waals surface area contributed by atoms with E-state index >= 15 is 0 Å². The minimum absolute atomic E-state index is 0.130. The van der Waals surface area contributed by atoms with Gasteiger partial charge in [0.25, 0.3) is 0 Å². The Morgan fingerprint density at radius 1 is 1.09 bits per heavy atom. The zero-order valence-corrected chi connectivity index (χ0v) is 20.8. The second-order valence-corrected chi connectivity index (χ2v) is 12.1. The number of hydrogen-bond acceptors (Lipinski definition) is 3. The molecule has 176 valence electrons. The number of carbonyl (C=O) groups is 1. The number of H-pyrrole nitrogens is 1. The predicted molar refractivity (Wildman–Crippen MR) is 131 cm³/mol. The standard InChI is InChI=1S/C28H38N4O/c1-16-14-17(2)29-26-25(16)30-23(31-26)15-18-6-8-20-19-7-9-22-28(4,13-11-24(33)32(22)5)21(19)10-12-27(18,20)3/h11,13-14,18-22H,6-10,12,15H2,1-5H3,(H,29,30,31)/t18?,19-,20-,21+,22?,27+,28+/m0/s1. The highest BCUT2D eigenvalue weighted by molar-refractivity contribution is 5.89. The number of aryl methyl sites for hydroxylation is 2. The van der Waals surface area contributed by atoms with Crippen LogP contribution in [0.15, 0.2) is 18.2 Å². The van der Waals surface area contributed by atoms with E-state index in [2.05, 4.69) is 42.9 Å². The van der Waals surface area contributed by atoms with Crippen LogP contribution in [0, 0.1) is 48.3 Å². The molecule has 0 radical (unpaired) electrons. The number of rotatable bonds is 2. The largest absolute Gasteiger partial charge is 0.340 e. The lowest BCUT2D eigenvalue weighted by Gasteiger charge is -2.60. The van der Waals surface area contributed by atoms with Crippen LogP contribution >= 0.6 is 0 Å². The van der Waals surface area contributed by atoms with E-state index in [9.17, 15) is 4.79 Å². The van der Waals surface area contributed by atoms with Gasteiger partial charge < -0.3 is 9.88 Å². The summed E-state index contributed by atoms with van der Waals surface area (Å²) in [4.78, 5) is 27.6. The number of aromatic amines is 1. The van der Waals surface area contributed by atoms with E-state index in [0.717, 1.165) is 47.4 Å². The van der Waals surface area contributed by atoms with Gasteiger partial charge in [-0.15, -0.1) is 0 Å². The summed E-state index contributed by atoms with van der Waals surface area (Å²) < 4.78 is 0. The van der Waals surface area contributed by atoms with Crippen molar-refractivity contribution < 1.29 is 4.79 Å². The Labute approximate surface area is 197 Å². The molecule has 6 rings (SSSR count). The molecule has 0 saturated heterocycles. The molecule has 3 aliphatic carbocycles. The van der Waals surface area contributed by atoms with Crippen LogP contribution in [-0.4, -0.2) is 38.8 Å². The van der Waals surface area contributed by atoms with E-state index < -0.39 is 0 Å². The maximum absolute atomic E-state index is 12.3. The molecule has 5 nitrogen and oxygen atoms in total. The third kappa shape index (κ3) is 2.99. The molecule has 3 heterocycles. The summed E-state index contributed by atoms with van der Waals surface area (Å²) >= 11 is 0. The molecule has 0 spiro atoms. The molecule has 5 heteroatoms. The average Bonchev–Trinajstić information content (AvgIpc) is 3.32. The van der Waals surface area contributed by atoms with Gasteiger partial charge >= 0.3 is 0 Å². The third-order valence-electron chi connectivity index (χ3n) is 10.6. The van der Waals surface area contributed by atoms with Gasteiger partial charge in [0.15, 0.2) is 5.65 Å². The van der Waals surface area contributed by atoms with Crippen LogP contribution in [0.25, 0.3) is 11.2 Å². The van der Waals surface area contributed by atoms with E-state index in [4.69, 9.17) is 4.98 Å². The van der Waals surface area contributed by atoms with Crippen molar-refractivity contribution in [2.75, 3.05) is 7.05 Å². The van der Waals surface area contributed by atoms with Gasteiger partial charge in [-0.1, -0.05) is 19.9 Å². The highest BCUT2D eigenvalue weighted by Crippen LogP contribution is 2.65. The summed E-state index contributed by atoms with van der Waals surface area (Å²) in [7, 11) is 2.01. The van der Waals surface area contributed by atoms with Gasteiger partial charge in [-0.2, -0.15) is 0 Å². The Hall–Kier alpha value is -2.17. The van der Waals surface area contributed by atoms with Crippen molar-refractivity contribution >= 4 is 17.1 Å². The number of hydrogen-bond donors (Lipinski definition) is 1. The van der Waals surface area contributed by atoms with Crippen LogP contribution in [-0.2, 0) is 11.2 Å². The molecular formula is C28H38N4O. The smallest absolute Gasteiger partial charge is 0.246 e. The maximum atomic E-state index is 12.3. The van der Waals surface area contributed by atoms with E-state index in [-0.39, 0.29) is 11.3 Å². The Morgan fingerprint density at radius 2 is 1.91 bits per heavy atom. The lowest BCUT2D eigenvalue weighted by molar-refractivity contribution is -0.138. The van der Waals surface area contributed by atoms with Crippen molar-refractivity contribution in [3.8, 4) is 0 Å². The molecule has 7 atom stereocenters. The van der Waals surface area contributed by atoms with Crippen molar-refractivity contribution in [2.45, 2.75) is 78.7 Å². The SMILES string of the molecule is Cc1cc(C)c2[nH]c(CC3CC[C@H]4[C@@H]5CCC6N(C)C(=O)C=C[C@]6(C)[C@@H]5CC[C@]34C)nc2n1. The molecule has 1 N–H and O–H groups in total. The first-order chi connectivity index (χ1) is 15.7.